The summed E-state index contributed by atoms with van der Waals surface area (Å²) in [6.07, 6.45) is 2.66. The van der Waals surface area contributed by atoms with Crippen LogP contribution in [0, 0.1) is 0 Å². The van der Waals surface area contributed by atoms with Crippen LogP contribution in [0.2, 0.25) is 0 Å². The number of nitrogens with zero attached hydrogens (tertiary/aromatic N) is 1. The van der Waals surface area contributed by atoms with E-state index < -0.39 is 5.97 Å². The Morgan fingerprint density at radius 2 is 2.13 bits per heavy atom. The van der Waals surface area contributed by atoms with E-state index in [1.807, 2.05) is 11.8 Å². The zero-order chi connectivity index (χ0) is 11.7. The van der Waals surface area contributed by atoms with Gasteiger partial charge in [-0.05, 0) is 6.92 Å². The van der Waals surface area contributed by atoms with Crippen LogP contribution in [-0.2, 0) is 14.3 Å². The highest BCUT2D eigenvalue weighted by Gasteiger charge is 2.09. The molecule has 0 aromatic carbocycles. The van der Waals surface area contributed by atoms with Crippen molar-refractivity contribution in [2.45, 2.75) is 13.0 Å². The molecular weight excluding hydrogens is 198 g/mol. The number of carboxylic acid groups (broad SMARTS) is 1. The fourth-order valence-electron chi connectivity index (χ4n) is 1.13. The minimum absolute atomic E-state index is 0.126. The fourth-order valence-corrected chi connectivity index (χ4v) is 1.13. The van der Waals surface area contributed by atoms with E-state index >= 15 is 0 Å². The molecule has 0 aliphatic heterocycles. The summed E-state index contributed by atoms with van der Waals surface area (Å²) in [4.78, 5) is 12.3. The van der Waals surface area contributed by atoms with Gasteiger partial charge in [0.1, 0.15) is 0 Å². The molecule has 0 bridgehead atoms. The zero-order valence-electron chi connectivity index (χ0n) is 9.47. The fraction of sp³-hybridized carbons (Fsp3) is 0.700. The SMILES string of the molecule is COCCN(C=CC(=O)O)C(C)COC. The van der Waals surface area contributed by atoms with Crippen molar-refractivity contribution in [3.63, 3.8) is 0 Å². The smallest absolute Gasteiger partial charge is 0.329 e. The Labute approximate surface area is 90.3 Å². The van der Waals surface area contributed by atoms with Crippen molar-refractivity contribution in [1.82, 2.24) is 4.90 Å². The molecule has 0 heterocycles. The molecule has 1 atom stereocenters. The number of hydrogen-bond acceptors (Lipinski definition) is 4. The molecule has 5 heteroatoms. The number of carbonyl (C=O) groups is 1. The Balaban J connectivity index is 4.22. The van der Waals surface area contributed by atoms with E-state index in [0.29, 0.717) is 19.8 Å². The second-order valence-electron chi connectivity index (χ2n) is 3.19. The van der Waals surface area contributed by atoms with E-state index in [1.54, 1.807) is 20.4 Å². The topological polar surface area (TPSA) is 59.0 Å². The van der Waals surface area contributed by atoms with Crippen molar-refractivity contribution in [3.8, 4) is 0 Å². The molecule has 5 nitrogen and oxygen atoms in total. The molecule has 0 aromatic rings. The number of aliphatic carboxylic acids is 1. The van der Waals surface area contributed by atoms with E-state index in [0.717, 1.165) is 6.08 Å². The molecular formula is C10H19NO4. The van der Waals surface area contributed by atoms with Crippen LogP contribution in [0.3, 0.4) is 0 Å². The van der Waals surface area contributed by atoms with Crippen LogP contribution >= 0.6 is 0 Å². The standard InChI is InChI=1S/C10H19NO4/c1-9(8-15-3)11(6-7-14-2)5-4-10(12)13/h4-5,9H,6-8H2,1-3H3,(H,12,13). The zero-order valence-corrected chi connectivity index (χ0v) is 9.47. The Morgan fingerprint density at radius 1 is 1.47 bits per heavy atom. The van der Waals surface area contributed by atoms with Gasteiger partial charge in [0.2, 0.25) is 0 Å². The highest BCUT2D eigenvalue weighted by molar-refractivity contribution is 5.79. The second-order valence-corrected chi connectivity index (χ2v) is 3.19. The third-order valence-electron chi connectivity index (χ3n) is 1.94. The van der Waals surface area contributed by atoms with E-state index in [1.165, 1.54) is 0 Å². The van der Waals surface area contributed by atoms with Crippen molar-refractivity contribution in [3.05, 3.63) is 12.3 Å². The number of rotatable bonds is 8. The van der Waals surface area contributed by atoms with Gasteiger partial charge in [0, 0.05) is 39.1 Å². The van der Waals surface area contributed by atoms with Crippen LogP contribution in [0.4, 0.5) is 0 Å². The van der Waals surface area contributed by atoms with Crippen LogP contribution in [0.1, 0.15) is 6.92 Å². The van der Waals surface area contributed by atoms with Gasteiger partial charge in [-0.25, -0.2) is 4.79 Å². The van der Waals surface area contributed by atoms with Gasteiger partial charge in [-0.2, -0.15) is 0 Å². The molecule has 0 amide bonds. The van der Waals surface area contributed by atoms with Crippen molar-refractivity contribution in [1.29, 1.82) is 0 Å². The predicted molar refractivity (Wildman–Crippen MR) is 56.7 cm³/mol. The van der Waals surface area contributed by atoms with Crippen molar-refractivity contribution in [2.75, 3.05) is 34.0 Å². The van der Waals surface area contributed by atoms with Crippen molar-refractivity contribution < 1.29 is 19.4 Å². The molecule has 15 heavy (non-hydrogen) atoms. The molecule has 0 saturated heterocycles. The summed E-state index contributed by atoms with van der Waals surface area (Å²) >= 11 is 0. The quantitative estimate of drug-likeness (QED) is 0.602. The summed E-state index contributed by atoms with van der Waals surface area (Å²) < 4.78 is 9.95. The van der Waals surface area contributed by atoms with E-state index in [9.17, 15) is 4.79 Å². The van der Waals surface area contributed by atoms with Gasteiger partial charge in [0.15, 0.2) is 0 Å². The lowest BCUT2D eigenvalue weighted by Crippen LogP contribution is -2.34. The van der Waals surface area contributed by atoms with Gasteiger partial charge in [0.05, 0.1) is 13.2 Å². The second kappa shape index (κ2) is 8.26. The maximum Gasteiger partial charge on any atom is 0.329 e. The highest BCUT2D eigenvalue weighted by atomic mass is 16.5. The molecule has 1 N–H and O–H groups in total. The minimum Gasteiger partial charge on any atom is -0.478 e. The molecule has 1 unspecified atom stereocenters. The lowest BCUT2D eigenvalue weighted by Gasteiger charge is -2.26. The summed E-state index contributed by atoms with van der Waals surface area (Å²) in [5, 5.41) is 8.52. The van der Waals surface area contributed by atoms with E-state index in [-0.39, 0.29) is 6.04 Å². The third-order valence-corrected chi connectivity index (χ3v) is 1.94. The summed E-state index contributed by atoms with van der Waals surface area (Å²) in [6, 6.07) is 0.126. The van der Waals surface area contributed by atoms with Crippen LogP contribution in [0.5, 0.6) is 0 Å². The summed E-state index contributed by atoms with van der Waals surface area (Å²) in [6.45, 7) is 3.71. The van der Waals surface area contributed by atoms with Gasteiger partial charge < -0.3 is 19.5 Å². The normalized spacial score (nSPS) is 13.0. The van der Waals surface area contributed by atoms with Crippen LogP contribution in [0.15, 0.2) is 12.3 Å². The first-order valence-electron chi connectivity index (χ1n) is 4.76. The molecule has 88 valence electrons. The average Bonchev–Trinajstić information content (AvgIpc) is 2.17. The number of methoxy groups -OCH3 is 2. The summed E-state index contributed by atoms with van der Waals surface area (Å²) in [5.41, 5.74) is 0. The largest absolute Gasteiger partial charge is 0.478 e. The lowest BCUT2D eigenvalue weighted by atomic mass is 10.3. The summed E-state index contributed by atoms with van der Waals surface area (Å²) in [5.74, 6) is -0.956. The molecule has 0 aliphatic rings. The van der Waals surface area contributed by atoms with Gasteiger partial charge in [-0.1, -0.05) is 0 Å². The molecule has 0 rings (SSSR count). The van der Waals surface area contributed by atoms with E-state index in [4.69, 9.17) is 14.6 Å². The number of ether oxygens (including phenoxy) is 2. The molecule has 0 radical (unpaired) electrons. The van der Waals surface area contributed by atoms with Gasteiger partial charge >= 0.3 is 5.97 Å². The van der Waals surface area contributed by atoms with Crippen LogP contribution < -0.4 is 0 Å². The number of hydrogen-bond donors (Lipinski definition) is 1. The van der Waals surface area contributed by atoms with Crippen LogP contribution in [-0.4, -0.2) is 56.0 Å². The first-order valence-corrected chi connectivity index (χ1v) is 4.76. The van der Waals surface area contributed by atoms with Gasteiger partial charge in [-0.3, -0.25) is 0 Å². The summed E-state index contributed by atoms with van der Waals surface area (Å²) in [7, 11) is 3.23. The first-order chi connectivity index (χ1) is 7.11. The lowest BCUT2D eigenvalue weighted by molar-refractivity contribution is -0.131. The molecule has 0 aromatic heterocycles. The predicted octanol–water partition coefficient (Wildman–Crippen LogP) is 0.568. The highest BCUT2D eigenvalue weighted by Crippen LogP contribution is 2.00. The maximum atomic E-state index is 10.4. The van der Waals surface area contributed by atoms with Gasteiger partial charge in [-0.15, -0.1) is 0 Å². The molecule has 0 spiro atoms. The Bertz CT molecular complexity index is 206. The Hall–Kier alpha value is -1.07. The maximum absolute atomic E-state index is 10.4. The Morgan fingerprint density at radius 3 is 2.60 bits per heavy atom. The van der Waals surface area contributed by atoms with Gasteiger partial charge in [0.25, 0.3) is 0 Å². The molecule has 0 aliphatic carbocycles. The minimum atomic E-state index is -0.956. The molecule has 0 fully saturated rings. The molecule has 0 saturated carbocycles. The van der Waals surface area contributed by atoms with Crippen LogP contribution in [0.25, 0.3) is 0 Å². The van der Waals surface area contributed by atoms with E-state index in [2.05, 4.69) is 0 Å². The Kier molecular flexibility index (Phi) is 7.67. The van der Waals surface area contributed by atoms with Crippen molar-refractivity contribution in [2.24, 2.45) is 0 Å². The first kappa shape index (κ1) is 13.9. The third kappa shape index (κ3) is 6.93. The van der Waals surface area contributed by atoms with Crippen molar-refractivity contribution >= 4 is 5.97 Å². The monoisotopic (exact) mass is 217 g/mol. The number of carboxylic acids is 1. The average molecular weight is 217 g/mol.